The Labute approximate surface area is 157 Å². The number of anilines is 1. The first-order chi connectivity index (χ1) is 12.5. The van der Waals surface area contributed by atoms with Gasteiger partial charge in [-0.05, 0) is 32.4 Å². The molecule has 2 rings (SSSR count). The molecule has 1 unspecified atom stereocenters. The molecule has 0 saturated carbocycles. The number of benzene rings is 1. The van der Waals surface area contributed by atoms with Crippen LogP contribution >= 0.6 is 0 Å². The van der Waals surface area contributed by atoms with E-state index in [9.17, 15) is 18.0 Å². The van der Waals surface area contributed by atoms with Crippen LogP contribution in [0.2, 0.25) is 0 Å². The first-order valence-corrected chi connectivity index (χ1v) is 9.64. The van der Waals surface area contributed by atoms with E-state index in [4.69, 9.17) is 5.11 Å². The van der Waals surface area contributed by atoms with Gasteiger partial charge in [0.05, 0.1) is 23.9 Å². The summed E-state index contributed by atoms with van der Waals surface area (Å²) in [5, 5.41) is 15.6. The summed E-state index contributed by atoms with van der Waals surface area (Å²) in [6.45, 7) is 4.61. The standard InChI is InChI=1S/C17H22N4O5S/c1-10-16(12(3)21(4)19-10)27(25,26)20-11(2)17(24)18-14-8-6-5-7-13(14)9-15(22)23/h5-8,11,20H,9H2,1-4H3,(H,18,24)(H,22,23). The third-order valence-corrected chi connectivity index (χ3v) is 5.85. The highest BCUT2D eigenvalue weighted by molar-refractivity contribution is 7.89. The first-order valence-electron chi connectivity index (χ1n) is 8.16. The third kappa shape index (κ3) is 4.72. The Bertz CT molecular complexity index is 981. The van der Waals surface area contributed by atoms with Crippen molar-refractivity contribution < 1.29 is 23.1 Å². The van der Waals surface area contributed by atoms with Crippen molar-refractivity contribution in [2.75, 3.05) is 5.32 Å². The van der Waals surface area contributed by atoms with E-state index in [1.807, 2.05) is 0 Å². The minimum absolute atomic E-state index is 0.0379. The normalized spacial score (nSPS) is 12.6. The summed E-state index contributed by atoms with van der Waals surface area (Å²) in [5.41, 5.74) is 1.54. The lowest BCUT2D eigenvalue weighted by atomic mass is 10.1. The molecule has 1 atom stereocenters. The van der Waals surface area contributed by atoms with Gasteiger partial charge in [0, 0.05) is 12.7 Å². The van der Waals surface area contributed by atoms with Crippen molar-refractivity contribution in [3.8, 4) is 0 Å². The molecule has 0 radical (unpaired) electrons. The van der Waals surface area contributed by atoms with E-state index >= 15 is 0 Å². The highest BCUT2D eigenvalue weighted by Crippen LogP contribution is 2.19. The maximum Gasteiger partial charge on any atom is 0.307 e. The van der Waals surface area contributed by atoms with Crippen molar-refractivity contribution in [2.45, 2.75) is 38.1 Å². The number of carbonyl (C=O) groups is 2. The smallest absolute Gasteiger partial charge is 0.307 e. The molecule has 0 aliphatic rings. The van der Waals surface area contributed by atoms with Crippen molar-refractivity contribution >= 4 is 27.6 Å². The Morgan fingerprint density at radius 1 is 1.26 bits per heavy atom. The SMILES string of the molecule is Cc1nn(C)c(C)c1S(=O)(=O)NC(C)C(=O)Nc1ccccc1CC(=O)O. The number of carbonyl (C=O) groups excluding carboxylic acids is 1. The lowest BCUT2D eigenvalue weighted by Crippen LogP contribution is -2.42. The topological polar surface area (TPSA) is 130 Å². The zero-order valence-electron chi connectivity index (χ0n) is 15.5. The number of amides is 1. The summed E-state index contributed by atoms with van der Waals surface area (Å²) in [7, 11) is -2.32. The molecule has 10 heteroatoms. The molecule has 1 amide bonds. The molecule has 0 aliphatic carbocycles. The average Bonchev–Trinajstić information content (AvgIpc) is 2.81. The fraction of sp³-hybridized carbons (Fsp3) is 0.353. The zero-order chi connectivity index (χ0) is 20.4. The van der Waals surface area contributed by atoms with Crippen LogP contribution in [0.1, 0.15) is 23.9 Å². The lowest BCUT2D eigenvalue weighted by Gasteiger charge is -2.16. The number of aryl methyl sites for hydroxylation is 2. The van der Waals surface area contributed by atoms with Gasteiger partial charge in [-0.3, -0.25) is 14.3 Å². The van der Waals surface area contributed by atoms with Crippen molar-refractivity contribution in [2.24, 2.45) is 7.05 Å². The molecule has 146 valence electrons. The van der Waals surface area contributed by atoms with Crippen LogP contribution in [0.25, 0.3) is 0 Å². The quantitative estimate of drug-likeness (QED) is 0.641. The summed E-state index contributed by atoms with van der Waals surface area (Å²) >= 11 is 0. The number of carboxylic acid groups (broad SMARTS) is 1. The van der Waals surface area contributed by atoms with Crippen LogP contribution in [-0.2, 0) is 33.1 Å². The van der Waals surface area contributed by atoms with Crippen molar-refractivity contribution in [1.29, 1.82) is 0 Å². The van der Waals surface area contributed by atoms with Crippen LogP contribution in [0.15, 0.2) is 29.2 Å². The van der Waals surface area contributed by atoms with Crippen LogP contribution in [-0.4, -0.2) is 41.2 Å². The number of hydrogen-bond acceptors (Lipinski definition) is 5. The number of hydrogen-bond donors (Lipinski definition) is 3. The number of aromatic nitrogens is 2. The molecule has 0 fully saturated rings. The Hall–Kier alpha value is -2.72. The minimum Gasteiger partial charge on any atom is -0.481 e. The largest absolute Gasteiger partial charge is 0.481 e. The number of aliphatic carboxylic acids is 1. The average molecular weight is 394 g/mol. The molecule has 1 aromatic heterocycles. The predicted octanol–water partition coefficient (Wildman–Crippen LogP) is 0.970. The molecule has 0 saturated heterocycles. The molecule has 9 nitrogen and oxygen atoms in total. The third-order valence-electron chi connectivity index (χ3n) is 4.05. The summed E-state index contributed by atoms with van der Waals surface area (Å²) in [6, 6.07) is 5.38. The van der Waals surface area contributed by atoms with E-state index in [0.29, 0.717) is 22.6 Å². The van der Waals surface area contributed by atoms with Gasteiger partial charge in [0.25, 0.3) is 0 Å². The van der Waals surface area contributed by atoms with E-state index in [0.717, 1.165) is 0 Å². The zero-order valence-corrected chi connectivity index (χ0v) is 16.3. The van der Waals surface area contributed by atoms with Crippen molar-refractivity contribution in [3.63, 3.8) is 0 Å². The molecule has 3 N–H and O–H groups in total. The second-order valence-electron chi connectivity index (χ2n) is 6.18. The lowest BCUT2D eigenvalue weighted by molar-refractivity contribution is -0.136. The van der Waals surface area contributed by atoms with E-state index < -0.39 is 27.9 Å². The van der Waals surface area contributed by atoms with Crippen LogP contribution in [0, 0.1) is 13.8 Å². The maximum atomic E-state index is 12.6. The second-order valence-corrected chi connectivity index (χ2v) is 7.83. The van der Waals surface area contributed by atoms with Crippen LogP contribution in [0.5, 0.6) is 0 Å². The summed E-state index contributed by atoms with van der Waals surface area (Å²) in [6.07, 6.45) is -0.259. The molecule has 2 aromatic rings. The molecule has 0 bridgehead atoms. The number of sulfonamides is 1. The van der Waals surface area contributed by atoms with Gasteiger partial charge in [-0.2, -0.15) is 9.82 Å². The Kier molecular flexibility index (Phi) is 6.01. The summed E-state index contributed by atoms with van der Waals surface area (Å²) < 4.78 is 29.1. The molecule has 1 heterocycles. The van der Waals surface area contributed by atoms with Crippen LogP contribution in [0.3, 0.4) is 0 Å². The molecular weight excluding hydrogens is 372 g/mol. The van der Waals surface area contributed by atoms with Gasteiger partial charge in [0.15, 0.2) is 0 Å². The highest BCUT2D eigenvalue weighted by atomic mass is 32.2. The molecule has 0 aliphatic heterocycles. The van der Waals surface area contributed by atoms with E-state index in [-0.39, 0.29) is 11.3 Å². The predicted molar refractivity (Wildman–Crippen MR) is 98.9 cm³/mol. The summed E-state index contributed by atoms with van der Waals surface area (Å²) in [5.74, 6) is -1.64. The van der Waals surface area contributed by atoms with Crippen LogP contribution in [0.4, 0.5) is 5.69 Å². The molecule has 0 spiro atoms. The Morgan fingerprint density at radius 3 is 2.44 bits per heavy atom. The number of carboxylic acids is 1. The maximum absolute atomic E-state index is 12.6. The Morgan fingerprint density at radius 2 is 1.89 bits per heavy atom. The van der Waals surface area contributed by atoms with Crippen molar-refractivity contribution in [1.82, 2.24) is 14.5 Å². The van der Waals surface area contributed by atoms with E-state index in [2.05, 4.69) is 15.1 Å². The van der Waals surface area contributed by atoms with Crippen molar-refractivity contribution in [3.05, 3.63) is 41.2 Å². The van der Waals surface area contributed by atoms with Gasteiger partial charge in [0.2, 0.25) is 15.9 Å². The monoisotopic (exact) mass is 394 g/mol. The fourth-order valence-electron chi connectivity index (χ4n) is 2.69. The Balaban J connectivity index is 2.18. The van der Waals surface area contributed by atoms with Gasteiger partial charge in [-0.25, -0.2) is 8.42 Å². The minimum atomic E-state index is -3.95. The number of nitrogens with one attached hydrogen (secondary N) is 2. The summed E-state index contributed by atoms with van der Waals surface area (Å²) in [4.78, 5) is 23.4. The van der Waals surface area contributed by atoms with Gasteiger partial charge >= 0.3 is 5.97 Å². The van der Waals surface area contributed by atoms with Crippen LogP contribution < -0.4 is 10.0 Å². The number of para-hydroxylation sites is 1. The second kappa shape index (κ2) is 7.89. The highest BCUT2D eigenvalue weighted by Gasteiger charge is 2.28. The van der Waals surface area contributed by atoms with Gasteiger partial charge in [-0.15, -0.1) is 0 Å². The molecule has 27 heavy (non-hydrogen) atoms. The first kappa shape index (κ1) is 20.6. The van der Waals surface area contributed by atoms with E-state index in [1.54, 1.807) is 45.2 Å². The number of rotatable bonds is 7. The molecular formula is C17H22N4O5S. The van der Waals surface area contributed by atoms with Gasteiger partial charge < -0.3 is 10.4 Å². The van der Waals surface area contributed by atoms with Gasteiger partial charge in [-0.1, -0.05) is 18.2 Å². The van der Waals surface area contributed by atoms with E-state index in [1.165, 1.54) is 11.6 Å². The van der Waals surface area contributed by atoms with Gasteiger partial charge in [0.1, 0.15) is 4.90 Å². The molecule has 1 aromatic carbocycles. The fourth-order valence-corrected chi connectivity index (χ4v) is 4.33. The number of nitrogens with zero attached hydrogens (tertiary/aromatic N) is 2.